The molecule has 2 heterocycles. The molecule has 0 N–H and O–H groups in total. The Balaban J connectivity index is 1.63. The van der Waals surface area contributed by atoms with Gasteiger partial charge in [0.05, 0.1) is 4.91 Å². The van der Waals surface area contributed by atoms with E-state index in [1.165, 1.54) is 23.0 Å². The summed E-state index contributed by atoms with van der Waals surface area (Å²) in [5.74, 6) is -0.0824. The van der Waals surface area contributed by atoms with E-state index in [0.29, 0.717) is 0 Å². The van der Waals surface area contributed by atoms with E-state index in [0.717, 1.165) is 41.8 Å². The summed E-state index contributed by atoms with van der Waals surface area (Å²) in [5, 5.41) is 0.866. The van der Waals surface area contributed by atoms with Gasteiger partial charge in [-0.2, -0.15) is 4.99 Å². The lowest BCUT2D eigenvalue weighted by atomic mass is 10.2. The van der Waals surface area contributed by atoms with Crippen molar-refractivity contribution in [1.29, 1.82) is 0 Å². The standard InChI is InChI=1S/C17H21N3OS/c1-12(2)15-16(21)18-17(22-15)20-10-8-19(9-11-20)14-6-4-13(3)5-7-14/h4-7H,8-11H2,1-3H3. The highest BCUT2D eigenvalue weighted by Gasteiger charge is 2.28. The molecule has 0 atom stereocenters. The van der Waals surface area contributed by atoms with Crippen molar-refractivity contribution in [3.63, 3.8) is 0 Å². The number of allylic oxidation sites excluding steroid dienone is 1. The average Bonchev–Trinajstić information content (AvgIpc) is 2.90. The van der Waals surface area contributed by atoms with Crippen LogP contribution in [0.4, 0.5) is 5.69 Å². The van der Waals surface area contributed by atoms with Crippen molar-refractivity contribution in [2.45, 2.75) is 20.8 Å². The molecule has 5 heteroatoms. The highest BCUT2D eigenvalue weighted by molar-refractivity contribution is 8.18. The number of amidine groups is 1. The maximum absolute atomic E-state index is 11.9. The van der Waals surface area contributed by atoms with Crippen LogP contribution in [0.2, 0.25) is 0 Å². The topological polar surface area (TPSA) is 35.9 Å². The number of thioether (sulfide) groups is 1. The Kier molecular flexibility index (Phi) is 4.25. The number of benzene rings is 1. The van der Waals surface area contributed by atoms with E-state index >= 15 is 0 Å². The van der Waals surface area contributed by atoms with Crippen LogP contribution in [0, 0.1) is 6.92 Å². The van der Waals surface area contributed by atoms with Crippen LogP contribution in [-0.2, 0) is 4.79 Å². The van der Waals surface area contributed by atoms with E-state index in [1.807, 2.05) is 13.8 Å². The number of aliphatic imine (C=N–C) groups is 1. The Morgan fingerprint density at radius 2 is 1.64 bits per heavy atom. The predicted octanol–water partition coefficient (Wildman–Crippen LogP) is 3.04. The average molecular weight is 315 g/mol. The first kappa shape index (κ1) is 15.2. The monoisotopic (exact) mass is 315 g/mol. The molecular weight excluding hydrogens is 294 g/mol. The van der Waals surface area contributed by atoms with E-state index in [9.17, 15) is 4.79 Å². The Bertz CT molecular complexity index is 636. The maximum atomic E-state index is 11.9. The predicted molar refractivity (Wildman–Crippen MR) is 93.4 cm³/mol. The molecule has 3 rings (SSSR count). The van der Waals surface area contributed by atoms with Gasteiger partial charge in [0.1, 0.15) is 0 Å². The molecule has 22 heavy (non-hydrogen) atoms. The Morgan fingerprint density at radius 1 is 1.05 bits per heavy atom. The number of hydrogen-bond acceptors (Lipinski definition) is 4. The molecule has 0 unspecified atom stereocenters. The normalized spacial score (nSPS) is 18.8. The summed E-state index contributed by atoms with van der Waals surface area (Å²) in [5.41, 5.74) is 3.60. The van der Waals surface area contributed by atoms with Gasteiger partial charge in [0, 0.05) is 31.9 Å². The maximum Gasteiger partial charge on any atom is 0.286 e. The van der Waals surface area contributed by atoms with E-state index in [4.69, 9.17) is 0 Å². The van der Waals surface area contributed by atoms with Crippen LogP contribution in [0.15, 0.2) is 39.7 Å². The summed E-state index contributed by atoms with van der Waals surface area (Å²) >= 11 is 1.52. The van der Waals surface area contributed by atoms with Crippen molar-refractivity contribution in [3.05, 3.63) is 40.3 Å². The summed E-state index contributed by atoms with van der Waals surface area (Å²) in [6.07, 6.45) is 0. The van der Waals surface area contributed by atoms with Crippen LogP contribution in [-0.4, -0.2) is 42.2 Å². The highest BCUT2D eigenvalue weighted by atomic mass is 32.2. The summed E-state index contributed by atoms with van der Waals surface area (Å²) in [7, 11) is 0. The largest absolute Gasteiger partial charge is 0.368 e. The van der Waals surface area contributed by atoms with Crippen molar-refractivity contribution in [1.82, 2.24) is 4.90 Å². The molecule has 0 bridgehead atoms. The van der Waals surface area contributed by atoms with Crippen molar-refractivity contribution in [2.24, 2.45) is 4.99 Å². The number of aryl methyl sites for hydroxylation is 1. The van der Waals surface area contributed by atoms with Crippen LogP contribution < -0.4 is 4.90 Å². The third-order valence-corrected chi connectivity index (χ3v) is 5.31. The van der Waals surface area contributed by atoms with Gasteiger partial charge in [0.15, 0.2) is 5.17 Å². The molecule has 0 saturated carbocycles. The molecule has 1 saturated heterocycles. The van der Waals surface area contributed by atoms with Gasteiger partial charge >= 0.3 is 0 Å². The molecule has 1 aromatic rings. The molecular formula is C17H21N3OS. The molecule has 1 aromatic carbocycles. The fourth-order valence-electron chi connectivity index (χ4n) is 2.66. The highest BCUT2D eigenvalue weighted by Crippen LogP contribution is 2.31. The number of nitrogens with zero attached hydrogens (tertiary/aromatic N) is 3. The van der Waals surface area contributed by atoms with Crippen LogP contribution in [0.25, 0.3) is 0 Å². The zero-order chi connectivity index (χ0) is 15.7. The molecule has 0 aromatic heterocycles. The Morgan fingerprint density at radius 3 is 2.18 bits per heavy atom. The van der Waals surface area contributed by atoms with Crippen molar-refractivity contribution < 1.29 is 4.79 Å². The number of amides is 1. The summed E-state index contributed by atoms with van der Waals surface area (Å²) in [6, 6.07) is 8.66. The minimum Gasteiger partial charge on any atom is -0.368 e. The first-order valence-electron chi connectivity index (χ1n) is 7.59. The Hall–Kier alpha value is -1.75. The molecule has 1 fully saturated rings. The van der Waals surface area contributed by atoms with Crippen molar-refractivity contribution >= 4 is 28.5 Å². The van der Waals surface area contributed by atoms with E-state index in [-0.39, 0.29) is 5.91 Å². The molecule has 2 aliphatic rings. The smallest absolute Gasteiger partial charge is 0.286 e. The van der Waals surface area contributed by atoms with Gasteiger partial charge < -0.3 is 9.80 Å². The molecule has 0 radical (unpaired) electrons. The minimum atomic E-state index is -0.0824. The quantitative estimate of drug-likeness (QED) is 0.746. The second kappa shape index (κ2) is 6.16. The Labute approximate surface area is 135 Å². The van der Waals surface area contributed by atoms with Gasteiger partial charge in [-0.3, -0.25) is 4.79 Å². The van der Waals surface area contributed by atoms with E-state index in [1.54, 1.807) is 0 Å². The number of carbonyl (C=O) groups is 1. The molecule has 116 valence electrons. The van der Waals surface area contributed by atoms with Crippen molar-refractivity contribution in [3.8, 4) is 0 Å². The fraction of sp³-hybridized carbons (Fsp3) is 0.412. The second-order valence-electron chi connectivity index (χ2n) is 5.94. The molecule has 0 spiro atoms. The summed E-state index contributed by atoms with van der Waals surface area (Å²) in [4.78, 5) is 21.5. The number of piperazine rings is 1. The first-order valence-corrected chi connectivity index (χ1v) is 8.41. The minimum absolute atomic E-state index is 0.0824. The van der Waals surface area contributed by atoms with E-state index < -0.39 is 0 Å². The fourth-order valence-corrected chi connectivity index (χ4v) is 3.62. The van der Waals surface area contributed by atoms with Crippen LogP contribution in [0.5, 0.6) is 0 Å². The third-order valence-electron chi connectivity index (χ3n) is 3.99. The van der Waals surface area contributed by atoms with Crippen LogP contribution >= 0.6 is 11.8 Å². The molecule has 1 amide bonds. The lowest BCUT2D eigenvalue weighted by molar-refractivity contribution is -0.113. The molecule has 0 aliphatic carbocycles. The lowest BCUT2D eigenvalue weighted by Gasteiger charge is -2.36. The van der Waals surface area contributed by atoms with Gasteiger partial charge in [0.2, 0.25) is 0 Å². The zero-order valence-corrected chi connectivity index (χ0v) is 14.1. The van der Waals surface area contributed by atoms with Crippen LogP contribution in [0.1, 0.15) is 19.4 Å². The van der Waals surface area contributed by atoms with Gasteiger partial charge in [-0.1, -0.05) is 23.3 Å². The number of hydrogen-bond donors (Lipinski definition) is 0. The zero-order valence-electron chi connectivity index (χ0n) is 13.3. The third kappa shape index (κ3) is 3.04. The van der Waals surface area contributed by atoms with Gasteiger partial charge in [0.25, 0.3) is 5.91 Å². The number of anilines is 1. The molecule has 2 aliphatic heterocycles. The van der Waals surface area contributed by atoms with Gasteiger partial charge in [-0.15, -0.1) is 0 Å². The first-order chi connectivity index (χ1) is 10.5. The molecule has 4 nitrogen and oxygen atoms in total. The number of carbonyl (C=O) groups excluding carboxylic acids is 1. The van der Waals surface area contributed by atoms with Gasteiger partial charge in [-0.25, -0.2) is 0 Å². The number of rotatable bonds is 1. The SMILES string of the molecule is CC(C)=C1SC(N2CCN(c3ccc(C)cc3)CC2)=NC1=O. The summed E-state index contributed by atoms with van der Waals surface area (Å²) in [6.45, 7) is 9.77. The second-order valence-corrected chi connectivity index (χ2v) is 6.92. The van der Waals surface area contributed by atoms with Crippen molar-refractivity contribution in [2.75, 3.05) is 31.1 Å². The van der Waals surface area contributed by atoms with Crippen LogP contribution in [0.3, 0.4) is 0 Å². The van der Waals surface area contributed by atoms with Gasteiger partial charge in [-0.05, 0) is 44.7 Å². The summed E-state index contributed by atoms with van der Waals surface area (Å²) < 4.78 is 0. The lowest BCUT2D eigenvalue weighted by Crippen LogP contribution is -2.47. The van der Waals surface area contributed by atoms with E-state index in [2.05, 4.69) is 46.0 Å².